The van der Waals surface area contributed by atoms with E-state index in [4.69, 9.17) is 10.5 Å². The first kappa shape index (κ1) is 16.4. The lowest BCUT2D eigenvalue weighted by Gasteiger charge is -2.19. The lowest BCUT2D eigenvalue weighted by Crippen LogP contribution is -2.31. The summed E-state index contributed by atoms with van der Waals surface area (Å²) in [5.41, 5.74) is 8.53. The van der Waals surface area contributed by atoms with Crippen molar-refractivity contribution in [1.82, 2.24) is 4.90 Å². The molecule has 0 fully saturated rings. The summed E-state index contributed by atoms with van der Waals surface area (Å²) in [6.07, 6.45) is 0. The van der Waals surface area contributed by atoms with Gasteiger partial charge < -0.3 is 15.4 Å². The van der Waals surface area contributed by atoms with Crippen LogP contribution in [-0.2, 0) is 0 Å². The molecule has 0 aliphatic heterocycles. The van der Waals surface area contributed by atoms with Gasteiger partial charge >= 0.3 is 0 Å². The second-order valence-electron chi connectivity index (χ2n) is 4.82. The molecule has 0 aliphatic rings. The van der Waals surface area contributed by atoms with Gasteiger partial charge in [0.2, 0.25) is 0 Å². The van der Waals surface area contributed by atoms with Crippen molar-refractivity contribution in [1.29, 1.82) is 0 Å². The van der Waals surface area contributed by atoms with Crippen molar-refractivity contribution < 1.29 is 9.53 Å². The fraction of sp³-hybridized carbons (Fsp3) is 0.353. The van der Waals surface area contributed by atoms with Crippen molar-refractivity contribution >= 4 is 22.2 Å². The first-order valence-electron chi connectivity index (χ1n) is 7.51. The monoisotopic (exact) mass is 318 g/mol. The molecule has 1 aromatic carbocycles. The Kier molecular flexibility index (Phi) is 5.44. The Bertz CT molecular complexity index is 631. The number of carbonyl (C=O) groups is 1. The van der Waals surface area contributed by atoms with Crippen molar-refractivity contribution in [2.45, 2.75) is 20.8 Å². The molecule has 118 valence electrons. The van der Waals surface area contributed by atoms with Gasteiger partial charge in [0.05, 0.1) is 17.2 Å². The number of rotatable bonds is 6. The summed E-state index contributed by atoms with van der Waals surface area (Å²) < 4.78 is 5.46. The van der Waals surface area contributed by atoms with E-state index in [1.165, 1.54) is 11.3 Å². The molecule has 2 aromatic rings. The van der Waals surface area contributed by atoms with Crippen LogP contribution in [0.1, 0.15) is 31.1 Å². The molecule has 0 unspecified atom stereocenters. The average molecular weight is 318 g/mol. The summed E-state index contributed by atoms with van der Waals surface area (Å²) in [5.74, 6) is 0.818. The largest absolute Gasteiger partial charge is 0.494 e. The molecule has 22 heavy (non-hydrogen) atoms. The number of nitrogens with zero attached hydrogens (tertiary/aromatic N) is 1. The van der Waals surface area contributed by atoms with Crippen LogP contribution in [0.3, 0.4) is 0 Å². The topological polar surface area (TPSA) is 55.6 Å². The number of thiophene rings is 1. The number of nitrogens with two attached hydrogens (primary N) is 1. The van der Waals surface area contributed by atoms with Gasteiger partial charge in [-0.15, -0.1) is 11.3 Å². The van der Waals surface area contributed by atoms with E-state index in [1.807, 2.05) is 50.4 Å². The molecule has 0 radical (unpaired) electrons. The number of anilines is 1. The maximum atomic E-state index is 12.7. The number of carbonyl (C=O) groups excluding carboxylic acids is 1. The van der Waals surface area contributed by atoms with E-state index in [9.17, 15) is 4.79 Å². The SMILES string of the molecule is CCOc1ccc(-c2csc(N)c2C(=O)N(CC)CC)cc1. The lowest BCUT2D eigenvalue weighted by atomic mass is 10.0. The zero-order chi connectivity index (χ0) is 16.1. The third kappa shape index (κ3) is 3.25. The maximum absolute atomic E-state index is 12.7. The number of ether oxygens (including phenoxy) is 1. The molecule has 1 aromatic heterocycles. The highest BCUT2D eigenvalue weighted by molar-refractivity contribution is 7.15. The number of hydrogen-bond donors (Lipinski definition) is 1. The van der Waals surface area contributed by atoms with Crippen LogP contribution in [0.2, 0.25) is 0 Å². The van der Waals surface area contributed by atoms with E-state index in [2.05, 4.69) is 0 Å². The van der Waals surface area contributed by atoms with Gasteiger partial charge in [-0.1, -0.05) is 12.1 Å². The van der Waals surface area contributed by atoms with Crippen LogP contribution >= 0.6 is 11.3 Å². The Hall–Kier alpha value is -2.01. The van der Waals surface area contributed by atoms with Crippen LogP contribution < -0.4 is 10.5 Å². The summed E-state index contributed by atoms with van der Waals surface area (Å²) in [5, 5.41) is 2.52. The molecule has 0 bridgehead atoms. The molecule has 1 heterocycles. The van der Waals surface area contributed by atoms with Gasteiger partial charge in [-0.2, -0.15) is 0 Å². The molecule has 0 saturated heterocycles. The van der Waals surface area contributed by atoms with Gasteiger partial charge in [-0.3, -0.25) is 4.79 Å². The standard InChI is InChI=1S/C17H22N2O2S/c1-4-19(5-2)17(20)15-14(11-22-16(15)18)12-7-9-13(10-8-12)21-6-3/h7-11H,4-6,18H2,1-3H3. The second kappa shape index (κ2) is 7.31. The van der Waals surface area contributed by atoms with Gasteiger partial charge in [-0.05, 0) is 38.5 Å². The van der Waals surface area contributed by atoms with Crippen molar-refractivity contribution in [2.75, 3.05) is 25.4 Å². The van der Waals surface area contributed by atoms with Gasteiger partial charge in [0.1, 0.15) is 5.75 Å². The second-order valence-corrected chi connectivity index (χ2v) is 5.73. The Morgan fingerprint density at radius 3 is 2.36 bits per heavy atom. The number of benzene rings is 1. The fourth-order valence-electron chi connectivity index (χ4n) is 2.37. The molecule has 0 spiro atoms. The first-order valence-corrected chi connectivity index (χ1v) is 8.39. The highest BCUT2D eigenvalue weighted by Crippen LogP contribution is 2.35. The highest BCUT2D eigenvalue weighted by atomic mass is 32.1. The van der Waals surface area contributed by atoms with Crippen LogP contribution in [0, 0.1) is 0 Å². The minimum absolute atomic E-state index is 0.00682. The van der Waals surface area contributed by atoms with Gasteiger partial charge in [0, 0.05) is 24.0 Å². The molecular weight excluding hydrogens is 296 g/mol. The molecule has 2 N–H and O–H groups in total. The predicted molar refractivity (Wildman–Crippen MR) is 92.6 cm³/mol. The normalized spacial score (nSPS) is 10.5. The zero-order valence-electron chi connectivity index (χ0n) is 13.3. The van der Waals surface area contributed by atoms with Crippen molar-refractivity contribution in [3.8, 4) is 16.9 Å². The van der Waals surface area contributed by atoms with E-state index in [0.29, 0.717) is 30.3 Å². The molecule has 4 nitrogen and oxygen atoms in total. The number of hydrogen-bond acceptors (Lipinski definition) is 4. The molecule has 0 saturated carbocycles. The maximum Gasteiger partial charge on any atom is 0.257 e. The van der Waals surface area contributed by atoms with Crippen LogP contribution in [-0.4, -0.2) is 30.5 Å². The average Bonchev–Trinajstić information content (AvgIpc) is 2.91. The summed E-state index contributed by atoms with van der Waals surface area (Å²) in [6.45, 7) is 7.88. The van der Waals surface area contributed by atoms with Crippen LogP contribution in [0.4, 0.5) is 5.00 Å². The van der Waals surface area contributed by atoms with Gasteiger partial charge in [0.15, 0.2) is 0 Å². The Morgan fingerprint density at radius 2 is 1.82 bits per heavy atom. The quantitative estimate of drug-likeness (QED) is 0.879. The van der Waals surface area contributed by atoms with Crippen molar-refractivity contribution in [3.63, 3.8) is 0 Å². The zero-order valence-corrected chi connectivity index (χ0v) is 14.1. The third-order valence-electron chi connectivity index (χ3n) is 3.56. The molecule has 5 heteroatoms. The third-order valence-corrected chi connectivity index (χ3v) is 4.37. The molecule has 0 atom stereocenters. The minimum atomic E-state index is -0.00682. The fourth-order valence-corrected chi connectivity index (χ4v) is 3.19. The van der Waals surface area contributed by atoms with E-state index >= 15 is 0 Å². The van der Waals surface area contributed by atoms with Crippen LogP contribution in [0.15, 0.2) is 29.6 Å². The summed E-state index contributed by atoms with van der Waals surface area (Å²) >= 11 is 1.41. The van der Waals surface area contributed by atoms with E-state index in [-0.39, 0.29) is 5.91 Å². The van der Waals surface area contributed by atoms with Crippen molar-refractivity contribution in [2.24, 2.45) is 0 Å². The van der Waals surface area contributed by atoms with E-state index < -0.39 is 0 Å². The lowest BCUT2D eigenvalue weighted by molar-refractivity contribution is 0.0775. The smallest absolute Gasteiger partial charge is 0.257 e. The summed E-state index contributed by atoms with van der Waals surface area (Å²) in [6, 6.07) is 7.76. The predicted octanol–water partition coefficient (Wildman–Crippen LogP) is 3.88. The minimum Gasteiger partial charge on any atom is -0.494 e. The molecule has 2 rings (SSSR count). The molecular formula is C17H22N2O2S. The Morgan fingerprint density at radius 1 is 1.18 bits per heavy atom. The van der Waals surface area contributed by atoms with Gasteiger partial charge in [-0.25, -0.2) is 0 Å². The highest BCUT2D eigenvalue weighted by Gasteiger charge is 2.22. The summed E-state index contributed by atoms with van der Waals surface area (Å²) in [7, 11) is 0. The Labute approximate surface area is 135 Å². The van der Waals surface area contributed by atoms with E-state index in [0.717, 1.165) is 16.9 Å². The molecule has 1 amide bonds. The number of nitrogen functional groups attached to an aromatic ring is 1. The van der Waals surface area contributed by atoms with Gasteiger partial charge in [0.25, 0.3) is 5.91 Å². The summed E-state index contributed by atoms with van der Waals surface area (Å²) in [4.78, 5) is 14.5. The Balaban J connectivity index is 2.38. The van der Waals surface area contributed by atoms with Crippen molar-refractivity contribution in [3.05, 3.63) is 35.2 Å². The molecule has 0 aliphatic carbocycles. The first-order chi connectivity index (χ1) is 10.6. The van der Waals surface area contributed by atoms with Crippen LogP contribution in [0.25, 0.3) is 11.1 Å². The number of amides is 1. The van der Waals surface area contributed by atoms with Crippen LogP contribution in [0.5, 0.6) is 5.75 Å². The van der Waals surface area contributed by atoms with E-state index in [1.54, 1.807) is 4.90 Å².